The molecule has 1 aromatic carbocycles. The topological polar surface area (TPSA) is 41.3 Å². The molecule has 1 unspecified atom stereocenters. The number of rotatable bonds is 2. The summed E-state index contributed by atoms with van der Waals surface area (Å²) in [5.41, 5.74) is 3.16. The summed E-state index contributed by atoms with van der Waals surface area (Å²) in [7, 11) is 0. The van der Waals surface area contributed by atoms with E-state index in [1.807, 2.05) is 6.92 Å². The third-order valence-corrected chi connectivity index (χ3v) is 3.92. The molecule has 1 aliphatic heterocycles. The van der Waals surface area contributed by atoms with Crippen LogP contribution in [0.3, 0.4) is 0 Å². The van der Waals surface area contributed by atoms with Crippen molar-refractivity contribution in [3.63, 3.8) is 0 Å². The first-order chi connectivity index (χ1) is 9.24. The fraction of sp³-hybridized carbons (Fsp3) is 0.533. The number of aryl methyl sites for hydroxylation is 1. The first kappa shape index (κ1) is 12.6. The van der Waals surface area contributed by atoms with E-state index >= 15 is 0 Å². The molecule has 1 atom stereocenters. The molecular weight excluding hydrogens is 238 g/mol. The molecule has 1 aliphatic rings. The molecule has 4 heteroatoms. The van der Waals surface area contributed by atoms with E-state index in [0.717, 1.165) is 43.2 Å². The molecule has 2 heterocycles. The predicted octanol–water partition coefficient (Wildman–Crippen LogP) is 2.49. The number of nitrogens with one attached hydrogen (secondary N) is 1. The molecular formula is C15H21N3O. The maximum absolute atomic E-state index is 5.63. The average molecular weight is 259 g/mol. The van der Waals surface area contributed by atoms with Gasteiger partial charge in [-0.15, -0.1) is 0 Å². The molecule has 0 spiro atoms. The van der Waals surface area contributed by atoms with E-state index in [-0.39, 0.29) is 0 Å². The number of hydrogen-bond donors (Lipinski definition) is 1. The highest BCUT2D eigenvalue weighted by atomic mass is 16.3. The zero-order valence-corrected chi connectivity index (χ0v) is 11.6. The molecule has 1 aromatic heterocycles. The van der Waals surface area contributed by atoms with Gasteiger partial charge in [0.1, 0.15) is 5.52 Å². The zero-order valence-electron chi connectivity index (χ0n) is 11.6. The second-order valence-corrected chi connectivity index (χ2v) is 5.28. The molecule has 2 aromatic rings. The Morgan fingerprint density at radius 2 is 2.21 bits per heavy atom. The summed E-state index contributed by atoms with van der Waals surface area (Å²) >= 11 is 0. The summed E-state index contributed by atoms with van der Waals surface area (Å²) in [4.78, 5) is 6.88. The summed E-state index contributed by atoms with van der Waals surface area (Å²) in [5.74, 6) is 0.735. The molecule has 1 N–H and O–H groups in total. The van der Waals surface area contributed by atoms with Gasteiger partial charge in [0.05, 0.1) is 0 Å². The van der Waals surface area contributed by atoms with Gasteiger partial charge >= 0.3 is 0 Å². The highest BCUT2D eigenvalue weighted by Gasteiger charge is 2.18. The number of oxazole rings is 1. The third kappa shape index (κ3) is 2.65. The summed E-state index contributed by atoms with van der Waals surface area (Å²) in [6, 6.07) is 6.80. The van der Waals surface area contributed by atoms with Gasteiger partial charge in [0, 0.05) is 26.1 Å². The second-order valence-electron chi connectivity index (χ2n) is 5.28. The van der Waals surface area contributed by atoms with Crippen molar-refractivity contribution in [1.82, 2.24) is 15.2 Å². The summed E-state index contributed by atoms with van der Waals surface area (Å²) in [6.45, 7) is 8.63. The standard InChI is InChI=1S/C15H21N3O/c1-11(18-8-3-6-16-7-9-18)13-4-5-14-15(10-13)19-12(2)17-14/h4-5,10-11,16H,3,6-9H2,1-2H3. The Morgan fingerprint density at radius 3 is 3.11 bits per heavy atom. The molecule has 102 valence electrons. The number of aromatic nitrogens is 1. The lowest BCUT2D eigenvalue weighted by Gasteiger charge is -2.27. The fourth-order valence-electron chi connectivity index (χ4n) is 2.78. The van der Waals surface area contributed by atoms with Gasteiger partial charge in [0.2, 0.25) is 0 Å². The number of fused-ring (bicyclic) bond motifs is 1. The van der Waals surface area contributed by atoms with Crippen molar-refractivity contribution in [1.29, 1.82) is 0 Å². The van der Waals surface area contributed by atoms with Gasteiger partial charge in [0.15, 0.2) is 11.5 Å². The van der Waals surface area contributed by atoms with Gasteiger partial charge < -0.3 is 9.73 Å². The van der Waals surface area contributed by atoms with E-state index in [1.165, 1.54) is 12.0 Å². The Bertz CT molecular complexity index is 556. The van der Waals surface area contributed by atoms with Crippen molar-refractivity contribution >= 4 is 11.1 Å². The summed E-state index contributed by atoms with van der Waals surface area (Å²) < 4.78 is 5.63. The van der Waals surface area contributed by atoms with Gasteiger partial charge in [-0.3, -0.25) is 4.90 Å². The third-order valence-electron chi connectivity index (χ3n) is 3.92. The van der Waals surface area contributed by atoms with Crippen molar-refractivity contribution in [3.05, 3.63) is 29.7 Å². The normalized spacial score (nSPS) is 19.5. The lowest BCUT2D eigenvalue weighted by molar-refractivity contribution is 0.225. The first-order valence-electron chi connectivity index (χ1n) is 7.06. The Morgan fingerprint density at radius 1 is 1.32 bits per heavy atom. The quantitative estimate of drug-likeness (QED) is 0.899. The van der Waals surface area contributed by atoms with Crippen LogP contribution in [0.5, 0.6) is 0 Å². The summed E-state index contributed by atoms with van der Waals surface area (Å²) in [5, 5.41) is 3.45. The van der Waals surface area contributed by atoms with Crippen LogP contribution < -0.4 is 5.32 Å². The van der Waals surface area contributed by atoms with E-state index in [4.69, 9.17) is 4.42 Å². The van der Waals surface area contributed by atoms with Crippen LogP contribution in [0, 0.1) is 6.92 Å². The average Bonchev–Trinajstić information content (AvgIpc) is 2.63. The number of hydrogen-bond acceptors (Lipinski definition) is 4. The van der Waals surface area contributed by atoms with Crippen LogP contribution in [0.1, 0.15) is 30.8 Å². The van der Waals surface area contributed by atoms with Crippen molar-refractivity contribution in [2.24, 2.45) is 0 Å². The van der Waals surface area contributed by atoms with Crippen LogP contribution in [0.4, 0.5) is 0 Å². The van der Waals surface area contributed by atoms with Gasteiger partial charge in [-0.25, -0.2) is 4.98 Å². The van der Waals surface area contributed by atoms with E-state index in [0.29, 0.717) is 6.04 Å². The Hall–Kier alpha value is -1.39. The first-order valence-corrected chi connectivity index (χ1v) is 7.06. The van der Waals surface area contributed by atoms with Crippen LogP contribution in [-0.2, 0) is 0 Å². The molecule has 0 saturated carbocycles. The molecule has 0 amide bonds. The molecule has 1 fully saturated rings. The van der Waals surface area contributed by atoms with E-state index < -0.39 is 0 Å². The monoisotopic (exact) mass is 259 g/mol. The minimum atomic E-state index is 0.426. The van der Waals surface area contributed by atoms with Crippen molar-refractivity contribution in [2.45, 2.75) is 26.3 Å². The molecule has 3 rings (SSSR count). The fourth-order valence-corrected chi connectivity index (χ4v) is 2.78. The number of nitrogens with zero attached hydrogens (tertiary/aromatic N) is 2. The van der Waals surface area contributed by atoms with Crippen LogP contribution >= 0.6 is 0 Å². The molecule has 0 aliphatic carbocycles. The SMILES string of the molecule is Cc1nc2ccc(C(C)N3CCCNCC3)cc2o1. The van der Waals surface area contributed by atoms with E-state index in [1.54, 1.807) is 0 Å². The lowest BCUT2D eigenvalue weighted by Crippen LogP contribution is -2.30. The Labute approximate surface area is 113 Å². The molecule has 1 saturated heterocycles. The smallest absolute Gasteiger partial charge is 0.192 e. The van der Waals surface area contributed by atoms with Crippen LogP contribution in [0.15, 0.2) is 22.6 Å². The maximum Gasteiger partial charge on any atom is 0.192 e. The second kappa shape index (κ2) is 5.31. The molecule has 4 nitrogen and oxygen atoms in total. The Balaban J connectivity index is 1.85. The van der Waals surface area contributed by atoms with Crippen molar-refractivity contribution in [2.75, 3.05) is 26.2 Å². The molecule has 0 radical (unpaired) electrons. The highest BCUT2D eigenvalue weighted by Crippen LogP contribution is 2.25. The van der Waals surface area contributed by atoms with E-state index in [9.17, 15) is 0 Å². The maximum atomic E-state index is 5.63. The minimum absolute atomic E-state index is 0.426. The van der Waals surface area contributed by atoms with E-state index in [2.05, 4.69) is 40.3 Å². The van der Waals surface area contributed by atoms with Gasteiger partial charge in [-0.1, -0.05) is 6.07 Å². The largest absolute Gasteiger partial charge is 0.441 e. The highest BCUT2D eigenvalue weighted by molar-refractivity contribution is 5.73. The molecule has 19 heavy (non-hydrogen) atoms. The van der Waals surface area contributed by atoms with Crippen LogP contribution in [0.2, 0.25) is 0 Å². The summed E-state index contributed by atoms with van der Waals surface area (Å²) in [6.07, 6.45) is 1.22. The van der Waals surface area contributed by atoms with Crippen LogP contribution in [-0.4, -0.2) is 36.1 Å². The Kier molecular flexibility index (Phi) is 3.53. The predicted molar refractivity (Wildman–Crippen MR) is 76.2 cm³/mol. The number of benzene rings is 1. The van der Waals surface area contributed by atoms with Gasteiger partial charge in [-0.05, 0) is 44.1 Å². The minimum Gasteiger partial charge on any atom is -0.441 e. The molecule has 0 bridgehead atoms. The lowest BCUT2D eigenvalue weighted by atomic mass is 10.1. The van der Waals surface area contributed by atoms with Crippen LogP contribution in [0.25, 0.3) is 11.1 Å². The van der Waals surface area contributed by atoms with Crippen molar-refractivity contribution in [3.8, 4) is 0 Å². The van der Waals surface area contributed by atoms with Gasteiger partial charge in [-0.2, -0.15) is 0 Å². The van der Waals surface area contributed by atoms with Gasteiger partial charge in [0.25, 0.3) is 0 Å². The van der Waals surface area contributed by atoms with Crippen molar-refractivity contribution < 1.29 is 4.42 Å². The zero-order chi connectivity index (χ0) is 13.2.